The molecule has 1 radical (unpaired) electrons. The van der Waals surface area contributed by atoms with Crippen molar-refractivity contribution in [1.82, 2.24) is 0 Å². The SMILES string of the molecule is [CH2]C(CCCl)OC. The Kier molecular flexibility index (Phi) is 4.57. The van der Waals surface area contributed by atoms with Crippen LogP contribution in [0.15, 0.2) is 0 Å². The molecule has 0 saturated heterocycles. The van der Waals surface area contributed by atoms with Gasteiger partial charge in [0.25, 0.3) is 0 Å². The van der Waals surface area contributed by atoms with Crippen LogP contribution in [0.25, 0.3) is 0 Å². The van der Waals surface area contributed by atoms with Gasteiger partial charge >= 0.3 is 0 Å². The van der Waals surface area contributed by atoms with E-state index in [1.165, 1.54) is 0 Å². The van der Waals surface area contributed by atoms with Gasteiger partial charge in [-0.05, 0) is 13.3 Å². The molecule has 1 nitrogen and oxygen atoms in total. The molecule has 0 aromatic carbocycles. The van der Waals surface area contributed by atoms with Gasteiger partial charge in [0.05, 0.1) is 6.10 Å². The van der Waals surface area contributed by atoms with Crippen molar-refractivity contribution in [2.24, 2.45) is 0 Å². The number of rotatable bonds is 3. The number of ether oxygens (including phenoxy) is 1. The number of halogens is 1. The summed E-state index contributed by atoms with van der Waals surface area (Å²) < 4.78 is 4.80. The van der Waals surface area contributed by atoms with E-state index in [0.29, 0.717) is 5.88 Å². The number of hydrogen-bond donors (Lipinski definition) is 0. The summed E-state index contributed by atoms with van der Waals surface area (Å²) >= 11 is 5.36. The molecule has 0 heterocycles. The standard InChI is InChI=1S/C5H10ClO/c1-5(7-2)3-4-6/h5H,1,3-4H2,2H3. The van der Waals surface area contributed by atoms with Crippen molar-refractivity contribution in [1.29, 1.82) is 0 Å². The monoisotopic (exact) mass is 121 g/mol. The first-order valence-corrected chi connectivity index (χ1v) is 2.76. The van der Waals surface area contributed by atoms with Crippen molar-refractivity contribution in [3.63, 3.8) is 0 Å². The Morgan fingerprint density at radius 3 is 2.57 bits per heavy atom. The highest BCUT2D eigenvalue weighted by atomic mass is 35.5. The van der Waals surface area contributed by atoms with Crippen LogP contribution in [0.1, 0.15) is 6.42 Å². The molecular formula is C5H10ClO. The minimum Gasteiger partial charge on any atom is -0.381 e. The van der Waals surface area contributed by atoms with Gasteiger partial charge in [-0.15, -0.1) is 11.6 Å². The molecule has 43 valence electrons. The van der Waals surface area contributed by atoms with Gasteiger partial charge < -0.3 is 4.74 Å². The third kappa shape index (κ3) is 4.10. The first-order valence-electron chi connectivity index (χ1n) is 2.23. The first kappa shape index (κ1) is 7.25. The second kappa shape index (κ2) is 4.41. The second-order valence-electron chi connectivity index (χ2n) is 1.34. The summed E-state index contributed by atoms with van der Waals surface area (Å²) in [4.78, 5) is 0. The second-order valence-corrected chi connectivity index (χ2v) is 1.71. The zero-order valence-electron chi connectivity index (χ0n) is 4.48. The van der Waals surface area contributed by atoms with Crippen LogP contribution < -0.4 is 0 Å². The number of alkyl halides is 1. The molecule has 0 aromatic heterocycles. The molecule has 0 bridgehead atoms. The van der Waals surface area contributed by atoms with Gasteiger partial charge in [0.15, 0.2) is 0 Å². The number of hydrogen-bond acceptors (Lipinski definition) is 1. The molecule has 1 atom stereocenters. The van der Waals surface area contributed by atoms with Crippen LogP contribution in [-0.2, 0) is 4.74 Å². The summed E-state index contributed by atoms with van der Waals surface area (Å²) in [5.74, 6) is 0.627. The zero-order valence-corrected chi connectivity index (χ0v) is 5.24. The van der Waals surface area contributed by atoms with Crippen LogP contribution in [0, 0.1) is 6.92 Å². The summed E-state index contributed by atoms with van der Waals surface area (Å²) in [5, 5.41) is 0. The fourth-order valence-electron chi connectivity index (χ4n) is 0.240. The smallest absolute Gasteiger partial charge is 0.0583 e. The lowest BCUT2D eigenvalue weighted by Crippen LogP contribution is -2.04. The van der Waals surface area contributed by atoms with E-state index in [0.717, 1.165) is 6.42 Å². The molecule has 1 unspecified atom stereocenters. The van der Waals surface area contributed by atoms with Gasteiger partial charge in [-0.1, -0.05) is 0 Å². The largest absolute Gasteiger partial charge is 0.381 e. The van der Waals surface area contributed by atoms with E-state index < -0.39 is 0 Å². The molecule has 0 rings (SSSR count). The highest BCUT2D eigenvalue weighted by Gasteiger charge is 1.94. The van der Waals surface area contributed by atoms with E-state index >= 15 is 0 Å². The molecule has 7 heavy (non-hydrogen) atoms. The van der Waals surface area contributed by atoms with Gasteiger partial charge in [-0.2, -0.15) is 0 Å². The molecular weight excluding hydrogens is 112 g/mol. The van der Waals surface area contributed by atoms with Crippen molar-refractivity contribution >= 4 is 11.6 Å². The van der Waals surface area contributed by atoms with Crippen molar-refractivity contribution in [3.05, 3.63) is 6.92 Å². The lowest BCUT2D eigenvalue weighted by Gasteiger charge is -2.03. The van der Waals surface area contributed by atoms with Crippen LogP contribution in [-0.4, -0.2) is 19.1 Å². The molecule has 0 aliphatic rings. The summed E-state index contributed by atoms with van der Waals surface area (Å²) in [6.45, 7) is 3.64. The van der Waals surface area contributed by atoms with Crippen molar-refractivity contribution < 1.29 is 4.74 Å². The van der Waals surface area contributed by atoms with Crippen LogP contribution in [0.2, 0.25) is 0 Å². The molecule has 0 aliphatic carbocycles. The minimum absolute atomic E-state index is 0.0671. The Bertz CT molecular complexity index is 39.1. The van der Waals surface area contributed by atoms with Gasteiger partial charge in [0.1, 0.15) is 0 Å². The molecule has 0 N–H and O–H groups in total. The summed E-state index contributed by atoms with van der Waals surface area (Å²) in [7, 11) is 1.63. The van der Waals surface area contributed by atoms with Gasteiger partial charge in [0.2, 0.25) is 0 Å². The quantitative estimate of drug-likeness (QED) is 0.514. The van der Waals surface area contributed by atoms with Crippen molar-refractivity contribution in [2.45, 2.75) is 12.5 Å². The lowest BCUT2D eigenvalue weighted by atomic mass is 10.3. The molecule has 0 spiro atoms. The molecule has 0 aliphatic heterocycles. The molecule has 0 aromatic rings. The van der Waals surface area contributed by atoms with E-state index in [-0.39, 0.29) is 6.10 Å². The maximum Gasteiger partial charge on any atom is 0.0583 e. The Balaban J connectivity index is 2.83. The predicted molar refractivity (Wildman–Crippen MR) is 31.5 cm³/mol. The van der Waals surface area contributed by atoms with Gasteiger partial charge in [-0.25, -0.2) is 0 Å². The summed E-state index contributed by atoms with van der Waals surface area (Å²) in [5.41, 5.74) is 0. The van der Waals surface area contributed by atoms with Crippen LogP contribution in [0.4, 0.5) is 0 Å². The third-order valence-electron chi connectivity index (χ3n) is 0.764. The fraction of sp³-hybridized carbons (Fsp3) is 0.800. The maximum atomic E-state index is 5.36. The van der Waals surface area contributed by atoms with Gasteiger partial charge in [-0.3, -0.25) is 0 Å². The average Bonchev–Trinajstić information content (AvgIpc) is 1.68. The van der Waals surface area contributed by atoms with Crippen LogP contribution in [0.5, 0.6) is 0 Å². The van der Waals surface area contributed by atoms with Crippen LogP contribution in [0.3, 0.4) is 0 Å². The average molecular weight is 122 g/mol. The summed E-state index contributed by atoms with van der Waals surface area (Å²) in [6, 6.07) is 0. The predicted octanol–water partition coefficient (Wildman–Crippen LogP) is 1.46. The van der Waals surface area contributed by atoms with E-state index in [1.54, 1.807) is 7.11 Å². The van der Waals surface area contributed by atoms with Crippen LogP contribution >= 0.6 is 11.6 Å². The van der Waals surface area contributed by atoms with E-state index in [1.807, 2.05) is 0 Å². The minimum atomic E-state index is 0.0671. The highest BCUT2D eigenvalue weighted by molar-refractivity contribution is 6.17. The Hall–Kier alpha value is 0.250. The Morgan fingerprint density at radius 1 is 1.86 bits per heavy atom. The Labute approximate surface area is 49.6 Å². The lowest BCUT2D eigenvalue weighted by molar-refractivity contribution is 0.136. The topological polar surface area (TPSA) is 9.23 Å². The van der Waals surface area contributed by atoms with E-state index in [2.05, 4.69) is 6.92 Å². The highest BCUT2D eigenvalue weighted by Crippen LogP contribution is 1.94. The van der Waals surface area contributed by atoms with Gasteiger partial charge in [0, 0.05) is 13.0 Å². The molecule has 0 amide bonds. The van der Waals surface area contributed by atoms with E-state index in [9.17, 15) is 0 Å². The van der Waals surface area contributed by atoms with E-state index in [4.69, 9.17) is 16.3 Å². The maximum absolute atomic E-state index is 5.36. The molecule has 0 saturated carbocycles. The molecule has 2 heteroatoms. The summed E-state index contributed by atoms with van der Waals surface area (Å²) in [6.07, 6.45) is 0.899. The first-order chi connectivity index (χ1) is 3.31. The Morgan fingerprint density at radius 2 is 2.43 bits per heavy atom. The van der Waals surface area contributed by atoms with Crippen molar-refractivity contribution in [3.8, 4) is 0 Å². The third-order valence-corrected chi connectivity index (χ3v) is 0.983. The van der Waals surface area contributed by atoms with Crippen molar-refractivity contribution in [2.75, 3.05) is 13.0 Å². The molecule has 0 fully saturated rings. The number of methoxy groups -OCH3 is 1. The normalized spacial score (nSPS) is 14.1. The fourth-order valence-corrected chi connectivity index (χ4v) is 0.483. The zero-order chi connectivity index (χ0) is 5.70.